The number of hydrogen-bond donors (Lipinski definition) is 2. The lowest BCUT2D eigenvalue weighted by Gasteiger charge is -2.33. The summed E-state index contributed by atoms with van der Waals surface area (Å²) in [7, 11) is 0. The van der Waals surface area contributed by atoms with Crippen molar-refractivity contribution in [1.82, 2.24) is 20.4 Å². The topological polar surface area (TPSA) is 70.2 Å². The van der Waals surface area contributed by atoms with E-state index in [0.29, 0.717) is 29.2 Å². The second-order valence-corrected chi connectivity index (χ2v) is 7.20. The number of hydrogen-bond acceptors (Lipinski definition) is 4. The molecule has 3 rings (SSSR count). The molecule has 2 aromatic rings. The molecule has 1 aliphatic rings. The molecule has 0 radical (unpaired) electrons. The van der Waals surface area contributed by atoms with Gasteiger partial charge in [-0.15, -0.1) is 5.10 Å². The van der Waals surface area contributed by atoms with E-state index in [-0.39, 0.29) is 12.1 Å². The van der Waals surface area contributed by atoms with Gasteiger partial charge in [0.1, 0.15) is 5.82 Å². The number of amides is 2. The Morgan fingerprint density at radius 2 is 2.04 bits per heavy atom. The SMILES string of the molecule is C[C@H](NC(=O)N1CCC(Nc2cccnn2)CC1)c1ccc(Cl)cc1Cl. The van der Waals surface area contributed by atoms with E-state index in [4.69, 9.17) is 23.2 Å². The van der Waals surface area contributed by atoms with Crippen molar-refractivity contribution in [3.63, 3.8) is 0 Å². The number of nitrogens with one attached hydrogen (secondary N) is 2. The minimum atomic E-state index is -0.192. The number of aromatic nitrogens is 2. The molecule has 2 heterocycles. The lowest BCUT2D eigenvalue weighted by molar-refractivity contribution is 0.180. The maximum absolute atomic E-state index is 12.5. The van der Waals surface area contributed by atoms with Gasteiger partial charge in [0, 0.05) is 35.4 Å². The number of nitrogens with zero attached hydrogens (tertiary/aromatic N) is 3. The summed E-state index contributed by atoms with van der Waals surface area (Å²) in [5.41, 5.74) is 0.851. The van der Waals surface area contributed by atoms with Crippen molar-refractivity contribution in [2.75, 3.05) is 18.4 Å². The lowest BCUT2D eigenvalue weighted by Crippen LogP contribution is -2.47. The van der Waals surface area contributed by atoms with E-state index >= 15 is 0 Å². The quantitative estimate of drug-likeness (QED) is 0.818. The number of carbonyl (C=O) groups is 1. The predicted molar refractivity (Wildman–Crippen MR) is 104 cm³/mol. The summed E-state index contributed by atoms with van der Waals surface area (Å²) in [5.74, 6) is 0.765. The lowest BCUT2D eigenvalue weighted by atomic mass is 10.1. The van der Waals surface area contributed by atoms with E-state index in [2.05, 4.69) is 20.8 Å². The number of halogens is 2. The average Bonchev–Trinajstić information content (AvgIpc) is 2.63. The second kappa shape index (κ2) is 8.56. The summed E-state index contributed by atoms with van der Waals surface area (Å²) in [6.45, 7) is 3.28. The molecule has 1 aromatic heterocycles. The highest BCUT2D eigenvalue weighted by atomic mass is 35.5. The Hall–Kier alpha value is -2.05. The molecule has 0 saturated carbocycles. The van der Waals surface area contributed by atoms with Crippen molar-refractivity contribution in [3.8, 4) is 0 Å². The molecule has 2 amide bonds. The zero-order valence-electron chi connectivity index (χ0n) is 14.5. The minimum absolute atomic E-state index is 0.0820. The number of urea groups is 1. The van der Waals surface area contributed by atoms with Crippen molar-refractivity contribution in [2.45, 2.75) is 31.8 Å². The first-order valence-electron chi connectivity index (χ1n) is 8.57. The zero-order chi connectivity index (χ0) is 18.5. The molecule has 0 bridgehead atoms. The molecular formula is C18H21Cl2N5O. The molecule has 1 fully saturated rings. The normalized spacial score (nSPS) is 16.2. The highest BCUT2D eigenvalue weighted by Crippen LogP contribution is 2.26. The summed E-state index contributed by atoms with van der Waals surface area (Å²) in [6.07, 6.45) is 3.37. The predicted octanol–water partition coefficient (Wildman–Crippen LogP) is 4.13. The molecule has 26 heavy (non-hydrogen) atoms. The molecule has 0 unspecified atom stereocenters. The summed E-state index contributed by atoms with van der Waals surface area (Å²) >= 11 is 12.1. The van der Waals surface area contributed by atoms with Crippen molar-refractivity contribution in [2.24, 2.45) is 0 Å². The molecule has 1 saturated heterocycles. The average molecular weight is 394 g/mol. The van der Waals surface area contributed by atoms with Gasteiger partial charge < -0.3 is 15.5 Å². The summed E-state index contributed by atoms with van der Waals surface area (Å²) in [5, 5.41) is 15.4. The molecule has 0 spiro atoms. The third-order valence-corrected chi connectivity index (χ3v) is 5.04. The van der Waals surface area contributed by atoms with E-state index in [9.17, 15) is 4.79 Å². The first-order chi connectivity index (χ1) is 12.5. The van der Waals surface area contributed by atoms with Crippen LogP contribution in [0.5, 0.6) is 0 Å². The van der Waals surface area contributed by atoms with Gasteiger partial charge in [-0.25, -0.2) is 4.79 Å². The van der Waals surface area contributed by atoms with Crippen LogP contribution in [0.3, 0.4) is 0 Å². The van der Waals surface area contributed by atoms with Crippen LogP contribution < -0.4 is 10.6 Å². The van der Waals surface area contributed by atoms with Crippen LogP contribution in [0.2, 0.25) is 10.0 Å². The summed E-state index contributed by atoms with van der Waals surface area (Å²) in [6, 6.07) is 9.06. The third-order valence-electron chi connectivity index (χ3n) is 4.48. The fourth-order valence-electron chi connectivity index (χ4n) is 3.02. The van der Waals surface area contributed by atoms with Crippen LogP contribution in [0, 0.1) is 0 Å². The van der Waals surface area contributed by atoms with E-state index in [1.165, 1.54) is 0 Å². The molecule has 8 heteroatoms. The molecule has 0 aliphatic carbocycles. The van der Waals surface area contributed by atoms with Crippen molar-refractivity contribution >= 4 is 35.1 Å². The number of anilines is 1. The van der Waals surface area contributed by atoms with E-state index in [1.54, 1.807) is 18.3 Å². The van der Waals surface area contributed by atoms with Gasteiger partial charge in [0.2, 0.25) is 0 Å². The molecule has 1 atom stereocenters. The van der Waals surface area contributed by atoms with Crippen molar-refractivity contribution in [3.05, 3.63) is 52.1 Å². The Morgan fingerprint density at radius 3 is 2.69 bits per heavy atom. The van der Waals surface area contributed by atoms with Gasteiger partial charge >= 0.3 is 6.03 Å². The van der Waals surface area contributed by atoms with Crippen LogP contribution in [0.1, 0.15) is 31.4 Å². The monoisotopic (exact) mass is 393 g/mol. The molecule has 1 aliphatic heterocycles. The Balaban J connectivity index is 1.50. The highest BCUT2D eigenvalue weighted by molar-refractivity contribution is 6.35. The number of likely N-dealkylation sites (tertiary alicyclic amines) is 1. The number of piperidine rings is 1. The van der Waals surface area contributed by atoms with Gasteiger partial charge in [0.15, 0.2) is 0 Å². The third kappa shape index (κ3) is 4.77. The van der Waals surface area contributed by atoms with Crippen LogP contribution in [-0.4, -0.2) is 40.3 Å². The van der Waals surface area contributed by atoms with Gasteiger partial charge in [-0.3, -0.25) is 0 Å². The van der Waals surface area contributed by atoms with Gasteiger partial charge in [-0.05, 0) is 49.6 Å². The van der Waals surface area contributed by atoms with Gasteiger partial charge in [-0.1, -0.05) is 29.3 Å². The fraction of sp³-hybridized carbons (Fsp3) is 0.389. The van der Waals surface area contributed by atoms with E-state index < -0.39 is 0 Å². The molecule has 138 valence electrons. The Kier molecular flexibility index (Phi) is 6.16. The number of rotatable bonds is 4. The van der Waals surface area contributed by atoms with Crippen LogP contribution in [0.25, 0.3) is 0 Å². The molecular weight excluding hydrogens is 373 g/mol. The molecule has 1 aromatic carbocycles. The maximum Gasteiger partial charge on any atom is 0.317 e. The molecule has 2 N–H and O–H groups in total. The van der Waals surface area contributed by atoms with Crippen LogP contribution >= 0.6 is 23.2 Å². The van der Waals surface area contributed by atoms with Crippen LogP contribution in [0.4, 0.5) is 10.6 Å². The van der Waals surface area contributed by atoms with Gasteiger partial charge in [0.05, 0.1) is 6.04 Å². The second-order valence-electron chi connectivity index (χ2n) is 6.35. The van der Waals surface area contributed by atoms with Gasteiger partial charge in [-0.2, -0.15) is 5.10 Å². The van der Waals surface area contributed by atoms with E-state index in [1.807, 2.05) is 30.0 Å². The summed E-state index contributed by atoms with van der Waals surface area (Å²) in [4.78, 5) is 14.4. The smallest absolute Gasteiger partial charge is 0.317 e. The standard InChI is InChI=1S/C18H21Cl2N5O/c1-12(15-5-4-13(19)11-16(15)20)22-18(26)25-9-6-14(7-10-25)23-17-3-2-8-21-24-17/h2-5,8,11-12,14H,6-7,9-10H2,1H3,(H,22,26)(H,23,24)/t12-/m0/s1. The minimum Gasteiger partial charge on any atom is -0.366 e. The fourth-order valence-corrected chi connectivity index (χ4v) is 3.59. The maximum atomic E-state index is 12.5. The first-order valence-corrected chi connectivity index (χ1v) is 9.33. The zero-order valence-corrected chi connectivity index (χ0v) is 16.0. The number of carbonyl (C=O) groups excluding carboxylic acids is 1. The largest absolute Gasteiger partial charge is 0.366 e. The summed E-state index contributed by atoms with van der Waals surface area (Å²) < 4.78 is 0. The Labute approximate surface area is 162 Å². The Morgan fingerprint density at radius 1 is 1.27 bits per heavy atom. The van der Waals surface area contributed by atoms with Crippen molar-refractivity contribution < 1.29 is 4.79 Å². The molecule has 6 nitrogen and oxygen atoms in total. The van der Waals surface area contributed by atoms with Crippen molar-refractivity contribution in [1.29, 1.82) is 0 Å². The highest BCUT2D eigenvalue weighted by Gasteiger charge is 2.24. The Bertz CT molecular complexity index is 751. The van der Waals surface area contributed by atoms with Crippen LogP contribution in [-0.2, 0) is 0 Å². The van der Waals surface area contributed by atoms with Crippen LogP contribution in [0.15, 0.2) is 36.5 Å². The van der Waals surface area contributed by atoms with E-state index in [0.717, 1.165) is 24.2 Å². The first kappa shape index (κ1) is 18.7. The van der Waals surface area contributed by atoms with Gasteiger partial charge in [0.25, 0.3) is 0 Å². The number of benzene rings is 1.